The molecule has 2 heteroatoms. The standard InChI is InChI=1S/C17H19NS/c1-2-15(13-14-9-5-3-6-10-14)17(19)18-16-11-7-4-8-12-16/h3-12,15H,2,13H2,1H3,(H,18,19). The van der Waals surface area contributed by atoms with Crippen LogP contribution in [0.4, 0.5) is 5.69 Å². The van der Waals surface area contributed by atoms with Gasteiger partial charge in [-0.25, -0.2) is 0 Å². The molecule has 0 aliphatic rings. The van der Waals surface area contributed by atoms with Crippen molar-refractivity contribution in [1.82, 2.24) is 0 Å². The van der Waals surface area contributed by atoms with Crippen LogP contribution in [0.1, 0.15) is 18.9 Å². The second kappa shape index (κ2) is 7.05. The highest BCUT2D eigenvalue weighted by Crippen LogP contribution is 2.16. The summed E-state index contributed by atoms with van der Waals surface area (Å²) in [6.07, 6.45) is 2.05. The number of para-hydroxylation sites is 1. The third-order valence-electron chi connectivity index (χ3n) is 3.23. The van der Waals surface area contributed by atoms with Crippen LogP contribution >= 0.6 is 12.2 Å². The van der Waals surface area contributed by atoms with E-state index in [0.29, 0.717) is 5.92 Å². The second-order valence-electron chi connectivity index (χ2n) is 4.65. The Balaban J connectivity index is 2.00. The van der Waals surface area contributed by atoms with Gasteiger partial charge in [0.05, 0.1) is 4.99 Å². The smallest absolute Gasteiger partial charge is 0.0831 e. The molecule has 1 unspecified atom stereocenters. The summed E-state index contributed by atoms with van der Waals surface area (Å²) in [6, 6.07) is 20.7. The van der Waals surface area contributed by atoms with Crippen molar-refractivity contribution in [1.29, 1.82) is 0 Å². The summed E-state index contributed by atoms with van der Waals surface area (Å²) >= 11 is 5.54. The fourth-order valence-corrected chi connectivity index (χ4v) is 2.45. The summed E-state index contributed by atoms with van der Waals surface area (Å²) in [6.45, 7) is 2.19. The van der Waals surface area contributed by atoms with Gasteiger partial charge in [-0.05, 0) is 30.5 Å². The molecule has 2 rings (SSSR count). The third kappa shape index (κ3) is 4.18. The molecule has 1 atom stereocenters. The van der Waals surface area contributed by atoms with Gasteiger partial charge in [-0.1, -0.05) is 67.7 Å². The number of benzene rings is 2. The van der Waals surface area contributed by atoms with E-state index in [1.54, 1.807) is 0 Å². The van der Waals surface area contributed by atoms with Gasteiger partial charge in [-0.15, -0.1) is 0 Å². The lowest BCUT2D eigenvalue weighted by Gasteiger charge is -2.18. The van der Waals surface area contributed by atoms with Crippen LogP contribution in [0.25, 0.3) is 0 Å². The average Bonchev–Trinajstić information content (AvgIpc) is 2.47. The Bertz CT molecular complexity index is 507. The van der Waals surface area contributed by atoms with E-state index < -0.39 is 0 Å². The number of thiocarbonyl (C=S) groups is 1. The maximum atomic E-state index is 5.54. The van der Waals surface area contributed by atoms with E-state index in [4.69, 9.17) is 12.2 Å². The van der Waals surface area contributed by atoms with Gasteiger partial charge in [-0.2, -0.15) is 0 Å². The van der Waals surface area contributed by atoms with Gasteiger partial charge < -0.3 is 5.32 Å². The highest BCUT2D eigenvalue weighted by Gasteiger charge is 2.13. The molecule has 19 heavy (non-hydrogen) atoms. The normalized spacial score (nSPS) is 11.8. The van der Waals surface area contributed by atoms with Crippen LogP contribution in [0, 0.1) is 5.92 Å². The molecule has 0 heterocycles. The average molecular weight is 269 g/mol. The van der Waals surface area contributed by atoms with Crippen molar-refractivity contribution in [3.05, 3.63) is 66.2 Å². The monoisotopic (exact) mass is 269 g/mol. The van der Waals surface area contributed by atoms with Gasteiger partial charge in [0.15, 0.2) is 0 Å². The Labute approximate surface area is 120 Å². The molecule has 2 aromatic carbocycles. The molecular weight excluding hydrogens is 250 g/mol. The van der Waals surface area contributed by atoms with E-state index >= 15 is 0 Å². The summed E-state index contributed by atoms with van der Waals surface area (Å²) in [5.74, 6) is 0.387. The lowest BCUT2D eigenvalue weighted by atomic mass is 9.96. The van der Waals surface area contributed by atoms with E-state index in [1.807, 2.05) is 36.4 Å². The zero-order chi connectivity index (χ0) is 13.5. The molecule has 0 spiro atoms. The van der Waals surface area contributed by atoms with Crippen molar-refractivity contribution in [2.75, 3.05) is 5.32 Å². The molecule has 0 amide bonds. The highest BCUT2D eigenvalue weighted by molar-refractivity contribution is 7.80. The third-order valence-corrected chi connectivity index (χ3v) is 3.67. The summed E-state index contributed by atoms with van der Waals surface area (Å²) in [7, 11) is 0. The van der Waals surface area contributed by atoms with Crippen molar-refractivity contribution in [2.24, 2.45) is 5.92 Å². The predicted octanol–water partition coefficient (Wildman–Crippen LogP) is 4.69. The Kier molecular flexibility index (Phi) is 5.10. The molecule has 0 aliphatic carbocycles. The SMILES string of the molecule is CCC(Cc1ccccc1)C(=S)Nc1ccccc1. The van der Waals surface area contributed by atoms with Gasteiger partial charge in [0.1, 0.15) is 0 Å². The van der Waals surface area contributed by atoms with Crippen molar-refractivity contribution in [3.63, 3.8) is 0 Å². The molecule has 98 valence electrons. The molecule has 1 N–H and O–H groups in total. The van der Waals surface area contributed by atoms with Crippen molar-refractivity contribution in [3.8, 4) is 0 Å². The van der Waals surface area contributed by atoms with Gasteiger partial charge >= 0.3 is 0 Å². The van der Waals surface area contributed by atoms with Gasteiger partial charge in [0, 0.05) is 11.6 Å². The summed E-state index contributed by atoms with van der Waals surface area (Å²) in [4.78, 5) is 0.928. The maximum absolute atomic E-state index is 5.54. The molecule has 2 aromatic rings. The fourth-order valence-electron chi connectivity index (χ4n) is 2.09. The van der Waals surface area contributed by atoms with E-state index in [0.717, 1.165) is 23.5 Å². The van der Waals surface area contributed by atoms with E-state index in [-0.39, 0.29) is 0 Å². The first-order chi connectivity index (χ1) is 9.29. The van der Waals surface area contributed by atoms with Gasteiger partial charge in [0.2, 0.25) is 0 Å². The second-order valence-corrected chi connectivity index (χ2v) is 5.09. The first-order valence-corrected chi connectivity index (χ1v) is 7.10. The molecule has 0 saturated carbocycles. The molecule has 0 aromatic heterocycles. The highest BCUT2D eigenvalue weighted by atomic mass is 32.1. The summed E-state index contributed by atoms with van der Waals surface area (Å²) in [5.41, 5.74) is 2.41. The van der Waals surface area contributed by atoms with E-state index in [9.17, 15) is 0 Å². The zero-order valence-electron chi connectivity index (χ0n) is 11.2. The van der Waals surface area contributed by atoms with Crippen LogP contribution in [0.5, 0.6) is 0 Å². The number of anilines is 1. The molecule has 0 saturated heterocycles. The lowest BCUT2D eigenvalue weighted by Crippen LogP contribution is -2.22. The van der Waals surface area contributed by atoms with Crippen LogP contribution in [-0.4, -0.2) is 4.99 Å². The summed E-state index contributed by atoms with van der Waals surface area (Å²) < 4.78 is 0. The molecule has 1 nitrogen and oxygen atoms in total. The number of hydrogen-bond acceptors (Lipinski definition) is 1. The molecule has 0 bridgehead atoms. The van der Waals surface area contributed by atoms with Gasteiger partial charge in [0.25, 0.3) is 0 Å². The minimum atomic E-state index is 0.387. The van der Waals surface area contributed by atoms with Crippen LogP contribution in [0.3, 0.4) is 0 Å². The zero-order valence-corrected chi connectivity index (χ0v) is 12.0. The number of rotatable bonds is 5. The first-order valence-electron chi connectivity index (χ1n) is 6.69. The fraction of sp³-hybridized carbons (Fsp3) is 0.235. The number of nitrogens with one attached hydrogen (secondary N) is 1. The molecule has 0 radical (unpaired) electrons. The molecular formula is C17H19NS. The minimum Gasteiger partial charge on any atom is -0.350 e. The Morgan fingerprint density at radius 2 is 1.58 bits per heavy atom. The largest absolute Gasteiger partial charge is 0.350 e. The van der Waals surface area contributed by atoms with Crippen molar-refractivity contribution < 1.29 is 0 Å². The van der Waals surface area contributed by atoms with Crippen molar-refractivity contribution >= 4 is 22.9 Å². The van der Waals surface area contributed by atoms with Crippen molar-refractivity contribution in [2.45, 2.75) is 19.8 Å². The Morgan fingerprint density at radius 1 is 1.00 bits per heavy atom. The van der Waals surface area contributed by atoms with E-state index in [2.05, 4.69) is 36.5 Å². The van der Waals surface area contributed by atoms with Crippen LogP contribution in [0.15, 0.2) is 60.7 Å². The quantitative estimate of drug-likeness (QED) is 0.790. The van der Waals surface area contributed by atoms with E-state index in [1.165, 1.54) is 5.56 Å². The topological polar surface area (TPSA) is 12.0 Å². The first kappa shape index (κ1) is 13.8. The number of hydrogen-bond donors (Lipinski definition) is 1. The minimum absolute atomic E-state index is 0.387. The maximum Gasteiger partial charge on any atom is 0.0831 e. The Morgan fingerprint density at radius 3 is 2.16 bits per heavy atom. The molecule has 0 aliphatic heterocycles. The summed E-state index contributed by atoms with van der Waals surface area (Å²) in [5, 5.41) is 3.34. The van der Waals surface area contributed by atoms with Crippen LogP contribution < -0.4 is 5.32 Å². The predicted molar refractivity (Wildman–Crippen MR) is 86.6 cm³/mol. The molecule has 0 fully saturated rings. The van der Waals surface area contributed by atoms with Crippen LogP contribution in [-0.2, 0) is 6.42 Å². The Hall–Kier alpha value is -1.67. The lowest BCUT2D eigenvalue weighted by molar-refractivity contribution is 0.669. The van der Waals surface area contributed by atoms with Crippen LogP contribution in [0.2, 0.25) is 0 Å². The van der Waals surface area contributed by atoms with Gasteiger partial charge in [-0.3, -0.25) is 0 Å².